The standard InChI is InChI=1S/C11H15N3O5S/c12-10-4-3-8(14(16)17)6-11(10)20(18,19)13-5-1-2-9(13)7-15/h3-4,6,9,15H,1-2,5,7,12H2. The molecule has 0 spiro atoms. The first kappa shape index (κ1) is 14.7. The summed E-state index contributed by atoms with van der Waals surface area (Å²) in [7, 11) is -3.94. The highest BCUT2D eigenvalue weighted by Gasteiger charge is 2.36. The van der Waals surface area contributed by atoms with Gasteiger partial charge in [-0.25, -0.2) is 8.42 Å². The number of anilines is 1. The predicted octanol–water partition coefficient (Wildman–Crippen LogP) is 0.322. The number of hydrogen-bond acceptors (Lipinski definition) is 6. The van der Waals surface area contributed by atoms with Gasteiger partial charge in [-0.1, -0.05) is 0 Å². The lowest BCUT2D eigenvalue weighted by Crippen LogP contribution is -2.37. The molecule has 0 aliphatic carbocycles. The summed E-state index contributed by atoms with van der Waals surface area (Å²) in [5, 5.41) is 20.0. The van der Waals surface area contributed by atoms with Crippen LogP contribution in [0.3, 0.4) is 0 Å². The van der Waals surface area contributed by atoms with Crippen molar-refractivity contribution in [1.29, 1.82) is 0 Å². The van der Waals surface area contributed by atoms with Crippen LogP contribution in [0.5, 0.6) is 0 Å². The van der Waals surface area contributed by atoms with Gasteiger partial charge >= 0.3 is 0 Å². The Hall–Kier alpha value is -1.71. The average molecular weight is 301 g/mol. The summed E-state index contributed by atoms with van der Waals surface area (Å²) in [6, 6.07) is 2.81. The van der Waals surface area contributed by atoms with Crippen LogP contribution in [-0.2, 0) is 10.0 Å². The second-order valence-corrected chi connectivity index (χ2v) is 6.43. The third kappa shape index (κ3) is 2.47. The zero-order chi connectivity index (χ0) is 14.9. The largest absolute Gasteiger partial charge is 0.398 e. The summed E-state index contributed by atoms with van der Waals surface area (Å²) >= 11 is 0. The molecule has 8 nitrogen and oxygen atoms in total. The van der Waals surface area contributed by atoms with Crippen LogP contribution < -0.4 is 5.73 Å². The second-order valence-electron chi connectivity index (χ2n) is 4.57. The van der Waals surface area contributed by atoms with E-state index in [0.29, 0.717) is 12.8 Å². The van der Waals surface area contributed by atoms with Gasteiger partial charge in [0, 0.05) is 24.7 Å². The van der Waals surface area contributed by atoms with E-state index in [9.17, 15) is 23.6 Å². The second kappa shape index (κ2) is 5.35. The topological polar surface area (TPSA) is 127 Å². The van der Waals surface area contributed by atoms with Gasteiger partial charge in [0.25, 0.3) is 5.69 Å². The van der Waals surface area contributed by atoms with E-state index >= 15 is 0 Å². The fourth-order valence-corrected chi connectivity index (χ4v) is 4.12. The summed E-state index contributed by atoms with van der Waals surface area (Å²) in [5.41, 5.74) is 5.26. The lowest BCUT2D eigenvalue weighted by molar-refractivity contribution is -0.385. The predicted molar refractivity (Wildman–Crippen MR) is 71.5 cm³/mol. The molecule has 0 aromatic heterocycles. The number of non-ortho nitro benzene ring substituents is 1. The quantitative estimate of drug-likeness (QED) is 0.468. The number of nitrogens with two attached hydrogens (primary N) is 1. The van der Waals surface area contributed by atoms with Gasteiger partial charge in [0.05, 0.1) is 17.2 Å². The van der Waals surface area contributed by atoms with Gasteiger partial charge in [-0.2, -0.15) is 4.31 Å². The molecule has 0 amide bonds. The van der Waals surface area contributed by atoms with Crippen molar-refractivity contribution in [3.8, 4) is 0 Å². The van der Waals surface area contributed by atoms with Gasteiger partial charge in [-0.05, 0) is 18.9 Å². The number of hydrogen-bond donors (Lipinski definition) is 2. The van der Waals surface area contributed by atoms with Gasteiger partial charge in [0.2, 0.25) is 10.0 Å². The van der Waals surface area contributed by atoms with E-state index in [0.717, 1.165) is 16.4 Å². The maximum atomic E-state index is 12.5. The third-order valence-electron chi connectivity index (χ3n) is 3.33. The number of aliphatic hydroxyl groups is 1. The van der Waals surface area contributed by atoms with E-state index in [2.05, 4.69) is 0 Å². The maximum Gasteiger partial charge on any atom is 0.270 e. The Morgan fingerprint density at radius 1 is 1.50 bits per heavy atom. The van der Waals surface area contributed by atoms with Gasteiger partial charge in [0.15, 0.2) is 0 Å². The summed E-state index contributed by atoms with van der Waals surface area (Å²) in [6.45, 7) is -0.0102. The normalized spacial score (nSPS) is 20.1. The molecule has 3 N–H and O–H groups in total. The van der Waals surface area contributed by atoms with Crippen molar-refractivity contribution in [3.63, 3.8) is 0 Å². The van der Waals surface area contributed by atoms with Crippen LogP contribution in [0.4, 0.5) is 11.4 Å². The Balaban J connectivity index is 2.48. The Kier molecular flexibility index (Phi) is 3.93. The minimum atomic E-state index is -3.94. The summed E-state index contributed by atoms with van der Waals surface area (Å²) in [5.74, 6) is 0. The van der Waals surface area contributed by atoms with Gasteiger partial charge in [-0.3, -0.25) is 10.1 Å². The van der Waals surface area contributed by atoms with E-state index in [4.69, 9.17) is 5.73 Å². The molecule has 1 unspecified atom stereocenters. The highest BCUT2D eigenvalue weighted by molar-refractivity contribution is 7.89. The van der Waals surface area contributed by atoms with Crippen LogP contribution >= 0.6 is 0 Å². The molecular weight excluding hydrogens is 286 g/mol. The molecule has 2 rings (SSSR count). The molecular formula is C11H15N3O5S. The van der Waals surface area contributed by atoms with Crippen LogP contribution in [0.15, 0.2) is 23.1 Å². The first-order valence-corrected chi connectivity index (χ1v) is 7.48. The molecule has 9 heteroatoms. The van der Waals surface area contributed by atoms with E-state index in [-0.39, 0.29) is 29.4 Å². The molecule has 1 heterocycles. The number of nitro benzene ring substituents is 1. The first-order chi connectivity index (χ1) is 9.37. The number of benzene rings is 1. The average Bonchev–Trinajstić information content (AvgIpc) is 2.87. The van der Waals surface area contributed by atoms with Crippen molar-refractivity contribution in [2.75, 3.05) is 18.9 Å². The SMILES string of the molecule is Nc1ccc([N+](=O)[O-])cc1S(=O)(=O)N1CCCC1CO. The summed E-state index contributed by atoms with van der Waals surface area (Å²) in [6.07, 6.45) is 1.20. The Labute approximate surface area is 116 Å². The molecule has 20 heavy (non-hydrogen) atoms. The Bertz CT molecular complexity index is 631. The zero-order valence-electron chi connectivity index (χ0n) is 10.6. The summed E-state index contributed by atoms with van der Waals surface area (Å²) in [4.78, 5) is 9.79. The number of nitro groups is 1. The molecule has 1 aliphatic rings. The van der Waals surface area contributed by atoms with E-state index in [1.807, 2.05) is 0 Å². The number of aliphatic hydroxyl groups excluding tert-OH is 1. The van der Waals surface area contributed by atoms with Crippen LogP contribution in [0, 0.1) is 10.1 Å². The fourth-order valence-electron chi connectivity index (χ4n) is 2.29. The van der Waals surface area contributed by atoms with Crippen LogP contribution in [0.25, 0.3) is 0 Å². The van der Waals surface area contributed by atoms with Crippen molar-refractivity contribution in [2.24, 2.45) is 0 Å². The molecule has 0 radical (unpaired) electrons. The Morgan fingerprint density at radius 2 is 2.20 bits per heavy atom. The molecule has 1 aliphatic heterocycles. The van der Waals surface area contributed by atoms with Crippen molar-refractivity contribution >= 4 is 21.4 Å². The highest BCUT2D eigenvalue weighted by Crippen LogP contribution is 2.31. The van der Waals surface area contributed by atoms with Gasteiger partial charge < -0.3 is 10.8 Å². The van der Waals surface area contributed by atoms with Crippen LogP contribution in [0.1, 0.15) is 12.8 Å². The molecule has 0 saturated carbocycles. The van der Waals surface area contributed by atoms with Crippen molar-refractivity contribution in [3.05, 3.63) is 28.3 Å². The smallest absolute Gasteiger partial charge is 0.270 e. The number of nitrogens with zero attached hydrogens (tertiary/aromatic N) is 2. The molecule has 1 fully saturated rings. The minimum Gasteiger partial charge on any atom is -0.398 e. The molecule has 110 valence electrons. The van der Waals surface area contributed by atoms with Gasteiger partial charge in [0.1, 0.15) is 4.90 Å². The lowest BCUT2D eigenvalue weighted by atomic mass is 10.2. The lowest BCUT2D eigenvalue weighted by Gasteiger charge is -2.23. The van der Waals surface area contributed by atoms with Crippen molar-refractivity contribution < 1.29 is 18.4 Å². The maximum absolute atomic E-state index is 12.5. The molecule has 1 aromatic carbocycles. The first-order valence-electron chi connectivity index (χ1n) is 6.04. The van der Waals surface area contributed by atoms with E-state index in [1.165, 1.54) is 6.07 Å². The molecule has 0 bridgehead atoms. The molecule has 1 aromatic rings. The van der Waals surface area contributed by atoms with Crippen molar-refractivity contribution in [1.82, 2.24) is 4.31 Å². The zero-order valence-corrected chi connectivity index (χ0v) is 11.4. The van der Waals surface area contributed by atoms with E-state index in [1.54, 1.807) is 0 Å². The van der Waals surface area contributed by atoms with E-state index < -0.39 is 21.0 Å². The number of nitrogen functional groups attached to an aromatic ring is 1. The van der Waals surface area contributed by atoms with Crippen LogP contribution in [0.2, 0.25) is 0 Å². The third-order valence-corrected chi connectivity index (χ3v) is 5.34. The number of rotatable bonds is 4. The number of sulfonamides is 1. The fraction of sp³-hybridized carbons (Fsp3) is 0.455. The molecule has 1 atom stereocenters. The van der Waals surface area contributed by atoms with Gasteiger partial charge in [-0.15, -0.1) is 0 Å². The van der Waals surface area contributed by atoms with Crippen molar-refractivity contribution in [2.45, 2.75) is 23.8 Å². The van der Waals surface area contributed by atoms with Crippen LogP contribution in [-0.4, -0.2) is 41.9 Å². The molecule has 1 saturated heterocycles. The minimum absolute atomic E-state index is 0.0424. The Morgan fingerprint density at radius 3 is 2.80 bits per heavy atom. The summed E-state index contributed by atoms with van der Waals surface area (Å²) < 4.78 is 26.2. The monoisotopic (exact) mass is 301 g/mol. The highest BCUT2D eigenvalue weighted by atomic mass is 32.2.